The summed E-state index contributed by atoms with van der Waals surface area (Å²) in [7, 11) is 0. The molecule has 26 heavy (non-hydrogen) atoms. The maximum atomic E-state index is 12.8. The number of para-hydroxylation sites is 1. The lowest BCUT2D eigenvalue weighted by Crippen LogP contribution is -2.40. The quantitative estimate of drug-likeness (QED) is 0.772. The average Bonchev–Trinajstić information content (AvgIpc) is 3.28. The van der Waals surface area contributed by atoms with Crippen molar-refractivity contribution in [3.05, 3.63) is 47.9 Å². The van der Waals surface area contributed by atoms with Crippen LogP contribution in [0.15, 0.2) is 36.5 Å². The lowest BCUT2D eigenvalue weighted by Gasteiger charge is -2.20. The molecule has 1 aliphatic heterocycles. The van der Waals surface area contributed by atoms with Gasteiger partial charge in [-0.1, -0.05) is 23.4 Å². The molecule has 1 N–H and O–H groups in total. The molecule has 1 aliphatic rings. The number of carbonyl (C=O) groups excluding carboxylic acids is 1. The van der Waals surface area contributed by atoms with E-state index in [2.05, 4.69) is 15.3 Å². The molecule has 0 unspecified atom stereocenters. The number of nitrogens with zero attached hydrogens (tertiary/aromatic N) is 5. The summed E-state index contributed by atoms with van der Waals surface area (Å²) in [6.07, 6.45) is 2.83. The summed E-state index contributed by atoms with van der Waals surface area (Å²) in [6.45, 7) is 2.17. The Bertz CT molecular complexity index is 1010. The Morgan fingerprint density at radius 2 is 2.04 bits per heavy atom. The van der Waals surface area contributed by atoms with Gasteiger partial charge in [0.05, 0.1) is 16.9 Å². The van der Waals surface area contributed by atoms with Gasteiger partial charge in [0.15, 0.2) is 5.69 Å². The van der Waals surface area contributed by atoms with Gasteiger partial charge in [-0.25, -0.2) is 9.48 Å². The minimum absolute atomic E-state index is 0.172. The van der Waals surface area contributed by atoms with Crippen LogP contribution in [0.2, 0.25) is 0 Å². The van der Waals surface area contributed by atoms with Gasteiger partial charge in [-0.05, 0) is 31.9 Å². The average molecular weight is 351 g/mol. The standard InChI is InChI=1S/C18H17N5O3/c1-11-15(17(24)22-10-4-8-14(22)18(25)26)20-21-23(11)13-7-2-5-12-6-3-9-19-16(12)13/h2-3,5-7,9,14H,4,8,10H2,1H3,(H,25,26)/t14-/m0/s1. The van der Waals surface area contributed by atoms with E-state index in [-0.39, 0.29) is 5.69 Å². The van der Waals surface area contributed by atoms with Crippen molar-refractivity contribution in [3.63, 3.8) is 0 Å². The minimum atomic E-state index is -0.987. The van der Waals surface area contributed by atoms with Crippen LogP contribution in [0.1, 0.15) is 29.0 Å². The summed E-state index contributed by atoms with van der Waals surface area (Å²) in [4.78, 5) is 30.0. The van der Waals surface area contributed by atoms with Gasteiger partial charge in [0.25, 0.3) is 5.91 Å². The molecule has 8 heteroatoms. The number of fused-ring (bicyclic) bond motifs is 1. The van der Waals surface area contributed by atoms with Crippen LogP contribution in [0, 0.1) is 6.92 Å². The van der Waals surface area contributed by atoms with Gasteiger partial charge in [-0.2, -0.15) is 0 Å². The van der Waals surface area contributed by atoms with E-state index in [4.69, 9.17) is 0 Å². The number of likely N-dealkylation sites (tertiary alicyclic amines) is 1. The Morgan fingerprint density at radius 3 is 2.85 bits per heavy atom. The van der Waals surface area contributed by atoms with E-state index in [9.17, 15) is 14.7 Å². The van der Waals surface area contributed by atoms with E-state index in [1.807, 2.05) is 30.3 Å². The highest BCUT2D eigenvalue weighted by Gasteiger charge is 2.36. The normalized spacial score (nSPS) is 17.0. The fourth-order valence-corrected chi connectivity index (χ4v) is 3.42. The van der Waals surface area contributed by atoms with E-state index < -0.39 is 17.9 Å². The Kier molecular flexibility index (Phi) is 3.87. The van der Waals surface area contributed by atoms with Gasteiger partial charge in [-0.3, -0.25) is 9.78 Å². The second kappa shape index (κ2) is 6.21. The lowest BCUT2D eigenvalue weighted by molar-refractivity contribution is -0.141. The Balaban J connectivity index is 1.75. The number of amides is 1. The molecule has 0 saturated carbocycles. The summed E-state index contributed by atoms with van der Waals surface area (Å²) in [5.41, 5.74) is 2.21. The van der Waals surface area contributed by atoms with E-state index in [1.165, 1.54) is 4.90 Å². The second-order valence-electron chi connectivity index (χ2n) is 6.28. The number of carbonyl (C=O) groups is 2. The van der Waals surface area contributed by atoms with Crippen LogP contribution in [0.5, 0.6) is 0 Å². The van der Waals surface area contributed by atoms with Gasteiger partial charge in [0.2, 0.25) is 0 Å². The first-order chi connectivity index (χ1) is 12.6. The number of hydrogen-bond acceptors (Lipinski definition) is 5. The molecule has 0 spiro atoms. The fraction of sp³-hybridized carbons (Fsp3) is 0.278. The monoisotopic (exact) mass is 351 g/mol. The zero-order valence-corrected chi connectivity index (χ0v) is 14.2. The molecule has 1 saturated heterocycles. The number of hydrogen-bond donors (Lipinski definition) is 1. The van der Waals surface area contributed by atoms with E-state index in [0.717, 1.165) is 16.6 Å². The molecule has 8 nitrogen and oxygen atoms in total. The molecule has 1 fully saturated rings. The molecule has 4 rings (SSSR count). The summed E-state index contributed by atoms with van der Waals surface area (Å²) >= 11 is 0. The highest BCUT2D eigenvalue weighted by Crippen LogP contribution is 2.24. The third-order valence-electron chi connectivity index (χ3n) is 4.74. The Labute approximate surface area is 149 Å². The van der Waals surface area contributed by atoms with Crippen molar-refractivity contribution in [2.45, 2.75) is 25.8 Å². The molecule has 0 radical (unpaired) electrons. The van der Waals surface area contributed by atoms with Crippen LogP contribution in [0.4, 0.5) is 0 Å². The van der Waals surface area contributed by atoms with Crippen LogP contribution in [-0.4, -0.2) is 54.4 Å². The molecule has 1 aromatic carbocycles. The molecule has 132 valence electrons. The number of rotatable bonds is 3. The molecule has 3 aromatic rings. The Morgan fingerprint density at radius 1 is 1.23 bits per heavy atom. The van der Waals surface area contributed by atoms with Gasteiger partial charge in [0, 0.05) is 18.1 Å². The first kappa shape index (κ1) is 16.2. The largest absolute Gasteiger partial charge is 0.480 e. The Hall–Kier alpha value is -3.29. The van der Waals surface area contributed by atoms with Gasteiger partial charge >= 0.3 is 5.97 Å². The van der Waals surface area contributed by atoms with Crippen molar-refractivity contribution in [2.75, 3.05) is 6.54 Å². The highest BCUT2D eigenvalue weighted by molar-refractivity contribution is 5.96. The molecule has 3 heterocycles. The van der Waals surface area contributed by atoms with Gasteiger partial charge in [-0.15, -0.1) is 5.10 Å². The first-order valence-electron chi connectivity index (χ1n) is 8.38. The van der Waals surface area contributed by atoms with Crippen molar-refractivity contribution in [3.8, 4) is 5.69 Å². The molecule has 1 amide bonds. The van der Waals surface area contributed by atoms with E-state index >= 15 is 0 Å². The second-order valence-corrected chi connectivity index (χ2v) is 6.28. The fourth-order valence-electron chi connectivity index (χ4n) is 3.42. The highest BCUT2D eigenvalue weighted by atomic mass is 16.4. The number of carboxylic acid groups (broad SMARTS) is 1. The summed E-state index contributed by atoms with van der Waals surface area (Å²) in [5.74, 6) is -1.38. The molecular formula is C18H17N5O3. The van der Waals surface area contributed by atoms with Crippen LogP contribution in [0.3, 0.4) is 0 Å². The van der Waals surface area contributed by atoms with E-state index in [1.54, 1.807) is 17.8 Å². The summed E-state index contributed by atoms with van der Waals surface area (Å²) < 4.78 is 1.58. The predicted octanol–water partition coefficient (Wildman–Crippen LogP) is 1.81. The number of carboxylic acids is 1. The summed E-state index contributed by atoms with van der Waals surface area (Å²) in [6, 6.07) is 8.71. The molecule has 2 aromatic heterocycles. The predicted molar refractivity (Wildman–Crippen MR) is 93.1 cm³/mol. The number of aromatic nitrogens is 4. The van der Waals surface area contributed by atoms with Crippen molar-refractivity contribution in [1.29, 1.82) is 0 Å². The smallest absolute Gasteiger partial charge is 0.326 e. The third kappa shape index (κ3) is 2.50. The minimum Gasteiger partial charge on any atom is -0.480 e. The van der Waals surface area contributed by atoms with Gasteiger partial charge < -0.3 is 10.0 Å². The molecule has 0 aliphatic carbocycles. The number of benzene rings is 1. The molecule has 1 atom stereocenters. The molecule has 0 bridgehead atoms. The van der Waals surface area contributed by atoms with Crippen LogP contribution < -0.4 is 0 Å². The van der Waals surface area contributed by atoms with Gasteiger partial charge in [0.1, 0.15) is 6.04 Å². The van der Waals surface area contributed by atoms with Crippen LogP contribution >= 0.6 is 0 Å². The van der Waals surface area contributed by atoms with Crippen molar-refractivity contribution in [1.82, 2.24) is 24.9 Å². The van der Waals surface area contributed by atoms with Crippen molar-refractivity contribution in [2.24, 2.45) is 0 Å². The topological polar surface area (TPSA) is 101 Å². The van der Waals surface area contributed by atoms with E-state index in [0.29, 0.717) is 25.1 Å². The zero-order chi connectivity index (χ0) is 18.3. The maximum Gasteiger partial charge on any atom is 0.326 e. The van der Waals surface area contributed by atoms with Crippen LogP contribution in [-0.2, 0) is 4.79 Å². The number of aliphatic carboxylic acids is 1. The maximum absolute atomic E-state index is 12.8. The van der Waals surface area contributed by atoms with Crippen LogP contribution in [0.25, 0.3) is 16.6 Å². The first-order valence-corrected chi connectivity index (χ1v) is 8.38. The van der Waals surface area contributed by atoms with Crippen molar-refractivity contribution < 1.29 is 14.7 Å². The lowest BCUT2D eigenvalue weighted by atomic mass is 10.2. The SMILES string of the molecule is Cc1c(C(=O)N2CCC[C@H]2C(=O)O)nnn1-c1cccc2cccnc12. The number of pyridine rings is 1. The zero-order valence-electron chi connectivity index (χ0n) is 14.2. The summed E-state index contributed by atoms with van der Waals surface area (Å²) in [5, 5.41) is 18.4. The van der Waals surface area contributed by atoms with Crippen molar-refractivity contribution >= 4 is 22.8 Å². The third-order valence-corrected chi connectivity index (χ3v) is 4.74. The molecular weight excluding hydrogens is 334 g/mol.